The van der Waals surface area contributed by atoms with Gasteiger partial charge in [-0.25, -0.2) is 4.21 Å². The van der Waals surface area contributed by atoms with Gasteiger partial charge in [-0.2, -0.15) is 12.6 Å². The Kier molecular flexibility index (Phi) is 28.5. The zero-order valence-corrected chi connectivity index (χ0v) is 11.3. The van der Waals surface area contributed by atoms with Crippen molar-refractivity contribution in [2.75, 3.05) is 5.75 Å². The number of rotatable bonds is 2. The Morgan fingerprint density at radius 2 is 1.92 bits per heavy atom. The molecular weight excluding hydrogens is 253 g/mol. The minimum absolute atomic E-state index is 0. The molecule has 13 heavy (non-hydrogen) atoms. The van der Waals surface area contributed by atoms with Crippen LogP contribution in [0.15, 0.2) is 0 Å². The van der Waals surface area contributed by atoms with Crippen LogP contribution >= 0.6 is 25.0 Å². The maximum atomic E-state index is 9.76. The van der Waals surface area contributed by atoms with Gasteiger partial charge in [0, 0.05) is 5.75 Å². The van der Waals surface area contributed by atoms with Crippen molar-refractivity contribution in [2.45, 2.75) is 6.04 Å². The van der Waals surface area contributed by atoms with Crippen molar-refractivity contribution in [1.29, 1.82) is 0 Å². The van der Waals surface area contributed by atoms with Crippen LogP contribution < -0.4 is 35.3 Å². The van der Waals surface area contributed by atoms with E-state index in [-0.39, 0.29) is 47.7 Å². The van der Waals surface area contributed by atoms with Crippen LogP contribution in [-0.4, -0.2) is 36.2 Å². The van der Waals surface area contributed by atoms with Crippen molar-refractivity contribution < 1.29 is 52.8 Å². The third-order valence-corrected chi connectivity index (χ3v) is 0.907. The van der Waals surface area contributed by atoms with Gasteiger partial charge in [-0.1, -0.05) is 0 Å². The third kappa shape index (κ3) is 32.0. The Morgan fingerprint density at radius 3 is 1.92 bits per heavy atom. The molecule has 0 spiro atoms. The summed E-state index contributed by atoms with van der Waals surface area (Å²) < 4.78 is 24.1. The summed E-state index contributed by atoms with van der Waals surface area (Å²) in [5.74, 6) is -0.815. The molecule has 0 saturated carbocycles. The summed E-state index contributed by atoms with van der Waals surface area (Å²) in [5, 5.41) is 8.01. The number of hydrogen-bond donors (Lipinski definition) is 4. The van der Waals surface area contributed by atoms with Gasteiger partial charge in [0.05, 0.1) is 11.4 Å². The molecule has 6 nitrogen and oxygen atoms in total. The van der Waals surface area contributed by atoms with Gasteiger partial charge < -0.3 is 19.9 Å². The number of carboxylic acid groups (broad SMARTS) is 1. The minimum Gasteiger partial charge on any atom is -0.750 e. The van der Waals surface area contributed by atoms with Crippen LogP contribution in [0, 0.1) is 0 Å². The normalized spacial score (nSPS) is 12.0. The van der Waals surface area contributed by atoms with Crippen molar-refractivity contribution in [1.82, 2.24) is 0 Å². The van der Waals surface area contributed by atoms with Gasteiger partial charge >= 0.3 is 35.5 Å². The van der Waals surface area contributed by atoms with Crippen molar-refractivity contribution in [3.05, 3.63) is 0 Å². The average molecular weight is 262 g/mol. The molecule has 0 heterocycles. The smallest absolute Gasteiger partial charge is 0.750 e. The second-order valence-electron chi connectivity index (χ2n) is 1.34. The molecule has 4 N–H and O–H groups in total. The number of hydrogen-bond acceptors (Lipinski definition) is 5. The molecule has 0 saturated heterocycles. The summed E-state index contributed by atoms with van der Waals surface area (Å²) in [5.41, 5.74) is 4.94. The van der Waals surface area contributed by atoms with Crippen LogP contribution in [0.1, 0.15) is 0 Å². The van der Waals surface area contributed by atoms with Crippen LogP contribution in [0.2, 0.25) is 0 Å². The van der Waals surface area contributed by atoms with Gasteiger partial charge in [0.2, 0.25) is 0 Å². The predicted molar refractivity (Wildman–Crippen MR) is 48.3 cm³/mol. The van der Waals surface area contributed by atoms with Crippen LogP contribution in [0.3, 0.4) is 0 Å². The largest absolute Gasteiger partial charge is 1.00 e. The van der Waals surface area contributed by atoms with E-state index < -0.39 is 23.4 Å². The Balaban J connectivity index is -0.0000000600. The van der Waals surface area contributed by atoms with E-state index in [0.717, 1.165) is 0 Å². The van der Waals surface area contributed by atoms with Crippen LogP contribution in [0.25, 0.3) is 0 Å². The van der Waals surface area contributed by atoms with Gasteiger partial charge in [0.25, 0.3) is 0 Å². The van der Waals surface area contributed by atoms with Crippen molar-refractivity contribution >= 4 is 42.4 Å². The zero-order valence-electron chi connectivity index (χ0n) is 6.74. The Labute approximate surface area is 112 Å². The first-order valence-corrected chi connectivity index (χ1v) is 3.95. The SMILES string of the molecule is Cl.N[C@@H](CS)C(=O)O.O=S([O-])O.[Na+]. The molecule has 10 heteroatoms. The Morgan fingerprint density at radius 1 is 1.69 bits per heavy atom. The number of thiol groups is 1. The first-order chi connectivity index (χ1) is 4.91. The number of carboxylic acids is 1. The minimum atomic E-state index is -2.86. The summed E-state index contributed by atoms with van der Waals surface area (Å²) in [4.78, 5) is 9.76. The molecule has 0 aromatic carbocycles. The van der Waals surface area contributed by atoms with Crippen LogP contribution in [0.4, 0.5) is 0 Å². The summed E-state index contributed by atoms with van der Waals surface area (Å²) in [6, 6.07) is -0.816. The summed E-state index contributed by atoms with van der Waals surface area (Å²) in [6.07, 6.45) is 0. The van der Waals surface area contributed by atoms with E-state index in [9.17, 15) is 4.79 Å². The van der Waals surface area contributed by atoms with Gasteiger partial charge in [-0.15, -0.1) is 12.4 Å². The standard InChI is InChI=1S/C3H7NO2S.ClH.Na.H2O3S/c4-2(1-7)3(5)6;;;1-4(2)3/h2,7H,1,4H2,(H,5,6);1H;;(H2,1,2,3)/q;;+1;/p-1/t2-;;;/m0.../s1. The second kappa shape index (κ2) is 15.6. The number of halogens is 1. The Hall–Kier alpha value is 1.14. The van der Waals surface area contributed by atoms with E-state index in [0.29, 0.717) is 0 Å². The third-order valence-electron chi connectivity index (χ3n) is 0.514. The molecule has 76 valence electrons. The fourth-order valence-electron chi connectivity index (χ4n) is 0.0781. The molecule has 0 radical (unpaired) electrons. The molecule has 0 bridgehead atoms. The monoisotopic (exact) mass is 261 g/mol. The molecule has 0 aliphatic heterocycles. The van der Waals surface area contributed by atoms with Crippen molar-refractivity contribution in [2.24, 2.45) is 5.73 Å². The molecule has 0 rings (SSSR count). The molecular formula is C3H9ClNNaO5S2. The maximum Gasteiger partial charge on any atom is 1.00 e. The van der Waals surface area contributed by atoms with Crippen LogP contribution in [0.5, 0.6) is 0 Å². The second-order valence-corrected chi connectivity index (χ2v) is 2.14. The fraction of sp³-hybridized carbons (Fsp3) is 0.667. The molecule has 0 fully saturated rings. The molecule has 1 unspecified atom stereocenters. The average Bonchev–Trinajstić information content (AvgIpc) is 1.85. The van der Waals surface area contributed by atoms with E-state index >= 15 is 0 Å². The van der Waals surface area contributed by atoms with E-state index in [4.69, 9.17) is 24.2 Å². The van der Waals surface area contributed by atoms with E-state index in [1.807, 2.05) is 0 Å². The van der Waals surface area contributed by atoms with Gasteiger partial charge in [0.15, 0.2) is 0 Å². The van der Waals surface area contributed by atoms with E-state index in [1.165, 1.54) is 0 Å². The summed E-state index contributed by atoms with van der Waals surface area (Å²) in [7, 11) is 0. The maximum absolute atomic E-state index is 9.76. The zero-order chi connectivity index (χ0) is 9.44. The Bertz CT molecular complexity index is 146. The molecule has 0 aromatic rings. The summed E-state index contributed by atoms with van der Waals surface area (Å²) >= 11 is 0.788. The number of nitrogens with two attached hydrogens (primary N) is 1. The molecule has 0 aliphatic carbocycles. The predicted octanol–water partition coefficient (Wildman–Crippen LogP) is -3.91. The van der Waals surface area contributed by atoms with E-state index in [2.05, 4.69) is 12.6 Å². The van der Waals surface area contributed by atoms with Gasteiger partial charge in [-0.3, -0.25) is 4.79 Å². The number of aliphatic carboxylic acids is 1. The quantitative estimate of drug-likeness (QED) is 0.229. The number of carbonyl (C=O) groups is 1. The van der Waals surface area contributed by atoms with E-state index in [1.54, 1.807) is 0 Å². The first kappa shape index (κ1) is 23.7. The van der Waals surface area contributed by atoms with Crippen LogP contribution in [-0.2, 0) is 16.2 Å². The van der Waals surface area contributed by atoms with Crippen molar-refractivity contribution in [3.8, 4) is 0 Å². The molecule has 2 atom stereocenters. The van der Waals surface area contributed by atoms with Gasteiger partial charge in [0.1, 0.15) is 6.04 Å². The first-order valence-electron chi connectivity index (χ1n) is 2.29. The molecule has 0 aliphatic rings. The molecule has 0 amide bonds. The topological polar surface area (TPSA) is 124 Å². The van der Waals surface area contributed by atoms with Gasteiger partial charge in [-0.05, 0) is 0 Å². The summed E-state index contributed by atoms with van der Waals surface area (Å²) in [6.45, 7) is 0. The molecule has 0 aromatic heterocycles. The van der Waals surface area contributed by atoms with Crippen molar-refractivity contribution in [3.63, 3.8) is 0 Å². The fourth-order valence-corrected chi connectivity index (χ4v) is 0.234.